The van der Waals surface area contributed by atoms with Crippen molar-refractivity contribution in [2.45, 2.75) is 13.3 Å². The minimum atomic E-state index is -0.286. The van der Waals surface area contributed by atoms with Gasteiger partial charge in [-0.2, -0.15) is 0 Å². The van der Waals surface area contributed by atoms with E-state index in [1.807, 2.05) is 78.6 Å². The molecule has 3 aromatic rings. The number of amides is 3. The average Bonchev–Trinajstić information content (AvgIpc) is 2.81. The van der Waals surface area contributed by atoms with Gasteiger partial charge >= 0.3 is 6.03 Å². The Morgan fingerprint density at radius 1 is 0.848 bits per heavy atom. The number of carbonyl (C=O) groups excluding carboxylic acids is 2. The predicted octanol–water partition coefficient (Wildman–Crippen LogP) is 5.29. The molecule has 1 aliphatic heterocycles. The molecule has 0 bridgehead atoms. The van der Waals surface area contributed by atoms with Gasteiger partial charge in [-0.3, -0.25) is 4.79 Å². The van der Waals surface area contributed by atoms with Gasteiger partial charge in [-0.15, -0.1) is 0 Å². The number of urea groups is 1. The maximum atomic E-state index is 12.7. The van der Waals surface area contributed by atoms with Gasteiger partial charge in [0.15, 0.2) is 0 Å². The van der Waals surface area contributed by atoms with Gasteiger partial charge in [-0.05, 0) is 61.0 Å². The number of carbonyl (C=O) groups is 2. The number of nitrogens with one attached hydrogen (secondary N) is 2. The molecule has 2 N–H and O–H groups in total. The van der Waals surface area contributed by atoms with E-state index in [1.54, 1.807) is 0 Å². The molecule has 0 radical (unpaired) electrons. The molecule has 1 saturated heterocycles. The van der Waals surface area contributed by atoms with Crippen LogP contribution in [0.4, 0.5) is 21.9 Å². The summed E-state index contributed by atoms with van der Waals surface area (Å²) < 4.78 is 0.959. The molecule has 3 aromatic carbocycles. The Bertz CT molecular complexity index is 1110. The highest BCUT2D eigenvalue weighted by Crippen LogP contribution is 2.21. The molecule has 0 unspecified atom stereocenters. The third-order valence-electron chi connectivity index (χ3n) is 5.66. The first-order valence-electron chi connectivity index (χ1n) is 11.0. The van der Waals surface area contributed by atoms with E-state index in [4.69, 9.17) is 0 Å². The molecule has 170 valence electrons. The van der Waals surface area contributed by atoms with E-state index >= 15 is 0 Å². The zero-order valence-electron chi connectivity index (χ0n) is 18.6. The van der Waals surface area contributed by atoms with Gasteiger partial charge in [0.25, 0.3) is 0 Å². The molecular formula is C26H27BrN4O2. The summed E-state index contributed by atoms with van der Waals surface area (Å²) in [4.78, 5) is 29.1. The molecule has 3 amide bonds. The molecule has 0 aromatic heterocycles. The van der Waals surface area contributed by atoms with E-state index in [0.717, 1.165) is 40.2 Å². The number of halogens is 1. The van der Waals surface area contributed by atoms with E-state index in [0.29, 0.717) is 19.5 Å². The molecule has 33 heavy (non-hydrogen) atoms. The predicted molar refractivity (Wildman–Crippen MR) is 137 cm³/mol. The Balaban J connectivity index is 1.26. The van der Waals surface area contributed by atoms with Crippen LogP contribution in [0.15, 0.2) is 77.3 Å². The van der Waals surface area contributed by atoms with Crippen LogP contribution in [0.5, 0.6) is 0 Å². The lowest BCUT2D eigenvalue weighted by Crippen LogP contribution is -2.49. The standard InChI is InChI=1S/C26H27BrN4O2/c1-19-3-2-4-20(17-19)18-25(32)31-15-13-30(14-16-31)24-11-9-23(10-12-24)29-26(33)28-22-7-5-21(27)6-8-22/h2-12,17H,13-16,18H2,1H3,(H2,28,29,33). The number of benzene rings is 3. The number of piperazine rings is 1. The Hall–Kier alpha value is -3.32. The quantitative estimate of drug-likeness (QED) is 0.493. The van der Waals surface area contributed by atoms with Crippen molar-refractivity contribution in [3.8, 4) is 0 Å². The van der Waals surface area contributed by atoms with Crippen LogP contribution < -0.4 is 15.5 Å². The highest BCUT2D eigenvalue weighted by atomic mass is 79.9. The zero-order valence-corrected chi connectivity index (χ0v) is 20.1. The van der Waals surface area contributed by atoms with Crippen molar-refractivity contribution in [2.75, 3.05) is 41.7 Å². The third kappa shape index (κ3) is 6.35. The van der Waals surface area contributed by atoms with Gasteiger partial charge in [0.05, 0.1) is 6.42 Å². The van der Waals surface area contributed by atoms with Crippen molar-refractivity contribution < 1.29 is 9.59 Å². The van der Waals surface area contributed by atoms with Gasteiger partial charge in [0.2, 0.25) is 5.91 Å². The molecule has 6 nitrogen and oxygen atoms in total. The van der Waals surface area contributed by atoms with Crippen LogP contribution in [0.25, 0.3) is 0 Å². The highest BCUT2D eigenvalue weighted by molar-refractivity contribution is 9.10. The molecule has 0 saturated carbocycles. The zero-order chi connectivity index (χ0) is 23.2. The van der Waals surface area contributed by atoms with Crippen molar-refractivity contribution in [2.24, 2.45) is 0 Å². The van der Waals surface area contributed by atoms with Gasteiger partial charge < -0.3 is 20.4 Å². The van der Waals surface area contributed by atoms with E-state index in [9.17, 15) is 9.59 Å². The number of hydrogen-bond acceptors (Lipinski definition) is 3. The summed E-state index contributed by atoms with van der Waals surface area (Å²) in [5, 5.41) is 5.66. The maximum Gasteiger partial charge on any atom is 0.323 e. The minimum absolute atomic E-state index is 0.177. The van der Waals surface area contributed by atoms with Crippen molar-refractivity contribution in [3.05, 3.63) is 88.4 Å². The SMILES string of the molecule is Cc1cccc(CC(=O)N2CCN(c3ccc(NC(=O)Nc4ccc(Br)cc4)cc3)CC2)c1. The summed E-state index contributed by atoms with van der Waals surface area (Å²) in [6.45, 7) is 5.04. The van der Waals surface area contributed by atoms with Crippen molar-refractivity contribution in [3.63, 3.8) is 0 Å². The Morgan fingerprint density at radius 3 is 2.06 bits per heavy atom. The first-order chi connectivity index (χ1) is 16.0. The van der Waals surface area contributed by atoms with Gasteiger partial charge in [-0.25, -0.2) is 4.79 Å². The number of aryl methyl sites for hydroxylation is 1. The first-order valence-corrected chi connectivity index (χ1v) is 11.8. The Kier molecular flexibility index (Phi) is 7.29. The van der Waals surface area contributed by atoms with Crippen LogP contribution in [0.3, 0.4) is 0 Å². The van der Waals surface area contributed by atoms with Crippen LogP contribution in [0.2, 0.25) is 0 Å². The second kappa shape index (κ2) is 10.5. The van der Waals surface area contributed by atoms with Gasteiger partial charge in [0, 0.05) is 47.7 Å². The fraction of sp³-hybridized carbons (Fsp3) is 0.231. The lowest BCUT2D eigenvalue weighted by atomic mass is 10.1. The van der Waals surface area contributed by atoms with Crippen LogP contribution in [0.1, 0.15) is 11.1 Å². The van der Waals surface area contributed by atoms with Crippen molar-refractivity contribution >= 4 is 44.9 Å². The summed E-state index contributed by atoms with van der Waals surface area (Å²) in [6.07, 6.45) is 0.449. The molecule has 0 atom stereocenters. The van der Waals surface area contributed by atoms with Gasteiger partial charge in [0.1, 0.15) is 0 Å². The molecule has 1 aliphatic rings. The number of rotatable bonds is 5. The summed E-state index contributed by atoms with van der Waals surface area (Å²) in [5.74, 6) is 0.177. The maximum absolute atomic E-state index is 12.7. The minimum Gasteiger partial charge on any atom is -0.368 e. The molecule has 4 rings (SSSR count). The van der Waals surface area contributed by atoms with E-state index in [-0.39, 0.29) is 11.9 Å². The Morgan fingerprint density at radius 2 is 1.45 bits per heavy atom. The molecule has 1 heterocycles. The largest absolute Gasteiger partial charge is 0.368 e. The van der Waals surface area contributed by atoms with Gasteiger partial charge in [-0.1, -0.05) is 45.8 Å². The Labute approximate surface area is 202 Å². The number of anilines is 3. The van der Waals surface area contributed by atoms with Crippen molar-refractivity contribution in [1.29, 1.82) is 0 Å². The lowest BCUT2D eigenvalue weighted by molar-refractivity contribution is -0.130. The second-order valence-electron chi connectivity index (χ2n) is 8.17. The number of nitrogens with zero attached hydrogens (tertiary/aromatic N) is 2. The van der Waals surface area contributed by atoms with Crippen LogP contribution in [0, 0.1) is 6.92 Å². The second-order valence-corrected chi connectivity index (χ2v) is 9.08. The van der Waals surface area contributed by atoms with E-state index < -0.39 is 0 Å². The van der Waals surface area contributed by atoms with E-state index in [1.165, 1.54) is 5.56 Å². The normalized spacial score (nSPS) is 13.5. The molecule has 7 heteroatoms. The summed E-state index contributed by atoms with van der Waals surface area (Å²) in [5.41, 5.74) is 4.77. The monoisotopic (exact) mass is 506 g/mol. The molecule has 0 spiro atoms. The summed E-state index contributed by atoms with van der Waals surface area (Å²) in [6, 6.07) is 23.0. The fourth-order valence-electron chi connectivity index (χ4n) is 3.90. The average molecular weight is 507 g/mol. The topological polar surface area (TPSA) is 64.7 Å². The third-order valence-corrected chi connectivity index (χ3v) is 6.19. The fourth-order valence-corrected chi connectivity index (χ4v) is 4.17. The molecule has 1 fully saturated rings. The number of hydrogen-bond donors (Lipinski definition) is 2. The van der Waals surface area contributed by atoms with Crippen LogP contribution >= 0.6 is 15.9 Å². The van der Waals surface area contributed by atoms with Crippen molar-refractivity contribution in [1.82, 2.24) is 4.90 Å². The summed E-state index contributed by atoms with van der Waals surface area (Å²) >= 11 is 3.38. The molecular weight excluding hydrogens is 480 g/mol. The summed E-state index contributed by atoms with van der Waals surface area (Å²) in [7, 11) is 0. The lowest BCUT2D eigenvalue weighted by Gasteiger charge is -2.36. The van der Waals surface area contributed by atoms with Crippen LogP contribution in [-0.2, 0) is 11.2 Å². The first kappa shape index (κ1) is 22.9. The smallest absolute Gasteiger partial charge is 0.323 e. The highest BCUT2D eigenvalue weighted by Gasteiger charge is 2.21. The van der Waals surface area contributed by atoms with E-state index in [2.05, 4.69) is 37.5 Å². The molecule has 0 aliphatic carbocycles. The van der Waals surface area contributed by atoms with Crippen LogP contribution in [-0.4, -0.2) is 43.0 Å².